The van der Waals surface area contributed by atoms with E-state index in [0.29, 0.717) is 23.6 Å². The van der Waals surface area contributed by atoms with Crippen LogP contribution in [0.25, 0.3) is 0 Å². The van der Waals surface area contributed by atoms with Gasteiger partial charge in [-0.05, 0) is 12.8 Å². The molecule has 1 aliphatic carbocycles. The van der Waals surface area contributed by atoms with Gasteiger partial charge in [-0.1, -0.05) is 11.6 Å². The summed E-state index contributed by atoms with van der Waals surface area (Å²) in [6.45, 7) is 3.86. The summed E-state index contributed by atoms with van der Waals surface area (Å²) in [7, 11) is 0. The van der Waals surface area contributed by atoms with Crippen LogP contribution >= 0.6 is 11.6 Å². The van der Waals surface area contributed by atoms with Crippen molar-refractivity contribution in [2.24, 2.45) is 0 Å². The van der Waals surface area contributed by atoms with Gasteiger partial charge in [-0.25, -0.2) is 9.97 Å². The van der Waals surface area contributed by atoms with Crippen LogP contribution in [0.15, 0.2) is 12.4 Å². The van der Waals surface area contributed by atoms with Crippen LogP contribution in [-0.2, 0) is 4.79 Å². The fourth-order valence-corrected chi connectivity index (χ4v) is 2.38. The maximum atomic E-state index is 11.7. The van der Waals surface area contributed by atoms with Gasteiger partial charge in [-0.3, -0.25) is 9.69 Å². The molecule has 1 saturated heterocycles. The standard InChI is InChI=1S/C13H18ClN5O/c14-10-7-15-13(16-8-10)19-5-3-18(4-6-19)9-12(20)17-11-1-2-11/h7-8,11H,1-6,9H2,(H,17,20). The van der Waals surface area contributed by atoms with E-state index in [4.69, 9.17) is 11.6 Å². The molecule has 3 rings (SSSR count). The molecule has 1 N–H and O–H groups in total. The van der Waals surface area contributed by atoms with Crippen LogP contribution in [0.1, 0.15) is 12.8 Å². The second-order valence-corrected chi connectivity index (χ2v) is 5.74. The third kappa shape index (κ3) is 3.58. The molecule has 0 aromatic carbocycles. The van der Waals surface area contributed by atoms with E-state index in [1.165, 1.54) is 0 Å². The lowest BCUT2D eigenvalue weighted by Gasteiger charge is -2.34. The predicted molar refractivity (Wildman–Crippen MR) is 76.9 cm³/mol. The number of nitrogens with one attached hydrogen (secondary N) is 1. The first kappa shape index (κ1) is 13.6. The van der Waals surface area contributed by atoms with Crippen LogP contribution in [0.2, 0.25) is 5.02 Å². The summed E-state index contributed by atoms with van der Waals surface area (Å²) in [4.78, 5) is 24.5. The molecule has 2 aliphatic rings. The minimum Gasteiger partial charge on any atom is -0.352 e. The number of piperazine rings is 1. The van der Waals surface area contributed by atoms with E-state index in [1.807, 2.05) is 0 Å². The number of halogens is 1. The van der Waals surface area contributed by atoms with E-state index in [0.717, 1.165) is 39.0 Å². The Kier molecular flexibility index (Phi) is 4.03. The van der Waals surface area contributed by atoms with Gasteiger partial charge in [0.25, 0.3) is 0 Å². The quantitative estimate of drug-likeness (QED) is 0.878. The van der Waals surface area contributed by atoms with Crippen molar-refractivity contribution in [1.82, 2.24) is 20.2 Å². The fourth-order valence-electron chi connectivity index (χ4n) is 2.28. The molecule has 0 bridgehead atoms. The molecular formula is C13H18ClN5O. The summed E-state index contributed by atoms with van der Waals surface area (Å²) in [6.07, 6.45) is 5.49. The van der Waals surface area contributed by atoms with Gasteiger partial charge in [0.15, 0.2) is 0 Å². The van der Waals surface area contributed by atoms with Crippen LogP contribution in [0.4, 0.5) is 5.95 Å². The Morgan fingerprint density at radius 2 is 1.90 bits per heavy atom. The number of anilines is 1. The largest absolute Gasteiger partial charge is 0.352 e. The van der Waals surface area contributed by atoms with E-state index in [1.54, 1.807) is 12.4 Å². The van der Waals surface area contributed by atoms with Crippen molar-refractivity contribution in [3.05, 3.63) is 17.4 Å². The van der Waals surface area contributed by atoms with Crippen molar-refractivity contribution < 1.29 is 4.79 Å². The van der Waals surface area contributed by atoms with Gasteiger partial charge in [0.2, 0.25) is 11.9 Å². The molecule has 2 heterocycles. The third-order valence-electron chi connectivity index (χ3n) is 3.57. The first-order chi connectivity index (χ1) is 9.70. The van der Waals surface area contributed by atoms with Crippen molar-refractivity contribution in [2.75, 3.05) is 37.6 Å². The van der Waals surface area contributed by atoms with Crippen molar-refractivity contribution in [3.8, 4) is 0 Å². The van der Waals surface area contributed by atoms with E-state index >= 15 is 0 Å². The second kappa shape index (κ2) is 5.93. The smallest absolute Gasteiger partial charge is 0.234 e. The maximum Gasteiger partial charge on any atom is 0.234 e. The molecule has 1 aromatic heterocycles. The number of carbonyl (C=O) groups is 1. The van der Waals surface area contributed by atoms with Crippen LogP contribution in [0.3, 0.4) is 0 Å². The number of rotatable bonds is 4. The summed E-state index contributed by atoms with van der Waals surface area (Å²) in [5.74, 6) is 0.847. The van der Waals surface area contributed by atoms with Gasteiger partial charge in [-0.2, -0.15) is 0 Å². The van der Waals surface area contributed by atoms with Crippen LogP contribution in [-0.4, -0.2) is 59.5 Å². The minimum absolute atomic E-state index is 0.142. The molecule has 1 amide bonds. The highest BCUT2D eigenvalue weighted by Gasteiger charge is 2.25. The normalized spacial score (nSPS) is 19.9. The highest BCUT2D eigenvalue weighted by Crippen LogP contribution is 2.18. The van der Waals surface area contributed by atoms with Crippen molar-refractivity contribution in [2.45, 2.75) is 18.9 Å². The minimum atomic E-state index is 0.142. The molecule has 0 spiro atoms. The molecule has 6 nitrogen and oxygen atoms in total. The van der Waals surface area contributed by atoms with E-state index in [9.17, 15) is 4.79 Å². The van der Waals surface area contributed by atoms with Gasteiger partial charge in [0.05, 0.1) is 24.0 Å². The lowest BCUT2D eigenvalue weighted by Crippen LogP contribution is -2.50. The topological polar surface area (TPSA) is 61.4 Å². The monoisotopic (exact) mass is 295 g/mol. The van der Waals surface area contributed by atoms with Gasteiger partial charge in [-0.15, -0.1) is 0 Å². The Labute approximate surface area is 123 Å². The third-order valence-corrected chi connectivity index (χ3v) is 3.77. The summed E-state index contributed by atoms with van der Waals surface area (Å²) < 4.78 is 0. The average Bonchev–Trinajstić information content (AvgIpc) is 3.24. The summed E-state index contributed by atoms with van der Waals surface area (Å²) in [6, 6.07) is 0.436. The average molecular weight is 296 g/mol. The predicted octanol–water partition coefficient (Wildman–Crippen LogP) is 0.531. The Morgan fingerprint density at radius 3 is 2.50 bits per heavy atom. The summed E-state index contributed by atoms with van der Waals surface area (Å²) in [5, 5.41) is 3.56. The lowest BCUT2D eigenvalue weighted by molar-refractivity contribution is -0.122. The highest BCUT2D eigenvalue weighted by molar-refractivity contribution is 6.30. The SMILES string of the molecule is O=C(CN1CCN(c2ncc(Cl)cn2)CC1)NC1CC1. The lowest BCUT2D eigenvalue weighted by atomic mass is 10.3. The number of aromatic nitrogens is 2. The summed E-state index contributed by atoms with van der Waals surface area (Å²) in [5.41, 5.74) is 0. The molecule has 1 aromatic rings. The zero-order valence-corrected chi connectivity index (χ0v) is 12.0. The Hall–Kier alpha value is -1.40. The first-order valence-electron chi connectivity index (χ1n) is 6.95. The molecule has 0 unspecified atom stereocenters. The molecular weight excluding hydrogens is 278 g/mol. The molecule has 20 heavy (non-hydrogen) atoms. The number of hydrogen-bond acceptors (Lipinski definition) is 5. The molecule has 1 aliphatic heterocycles. The maximum absolute atomic E-state index is 11.7. The first-order valence-corrected chi connectivity index (χ1v) is 7.33. The van der Waals surface area contributed by atoms with Crippen molar-refractivity contribution in [1.29, 1.82) is 0 Å². The zero-order valence-electron chi connectivity index (χ0n) is 11.3. The van der Waals surface area contributed by atoms with Crippen molar-refractivity contribution in [3.63, 3.8) is 0 Å². The van der Waals surface area contributed by atoms with Crippen molar-refractivity contribution >= 4 is 23.5 Å². The van der Waals surface area contributed by atoms with Gasteiger partial charge in [0, 0.05) is 32.2 Å². The van der Waals surface area contributed by atoms with Crippen LogP contribution in [0, 0.1) is 0 Å². The Morgan fingerprint density at radius 1 is 1.25 bits per heavy atom. The van der Waals surface area contributed by atoms with Crippen LogP contribution in [0.5, 0.6) is 0 Å². The fraction of sp³-hybridized carbons (Fsp3) is 0.615. The van der Waals surface area contributed by atoms with Crippen LogP contribution < -0.4 is 10.2 Å². The number of amides is 1. The van der Waals surface area contributed by atoms with E-state index < -0.39 is 0 Å². The van der Waals surface area contributed by atoms with Gasteiger partial charge < -0.3 is 10.2 Å². The molecule has 0 atom stereocenters. The highest BCUT2D eigenvalue weighted by atomic mass is 35.5. The molecule has 1 saturated carbocycles. The number of hydrogen-bond donors (Lipinski definition) is 1. The molecule has 108 valence electrons. The van der Waals surface area contributed by atoms with Gasteiger partial charge in [0.1, 0.15) is 0 Å². The molecule has 7 heteroatoms. The number of carbonyl (C=O) groups excluding carboxylic acids is 1. The zero-order chi connectivity index (χ0) is 13.9. The Bertz CT molecular complexity index is 468. The second-order valence-electron chi connectivity index (χ2n) is 5.31. The summed E-state index contributed by atoms with van der Waals surface area (Å²) >= 11 is 5.78. The number of nitrogens with zero attached hydrogens (tertiary/aromatic N) is 4. The molecule has 0 radical (unpaired) electrons. The Balaban J connectivity index is 1.46. The van der Waals surface area contributed by atoms with Gasteiger partial charge >= 0.3 is 0 Å². The van der Waals surface area contributed by atoms with E-state index in [2.05, 4.69) is 25.1 Å². The van der Waals surface area contributed by atoms with E-state index in [-0.39, 0.29) is 5.91 Å². The molecule has 2 fully saturated rings.